The predicted octanol–water partition coefficient (Wildman–Crippen LogP) is 3.82. The van der Waals surface area contributed by atoms with Crippen molar-refractivity contribution < 1.29 is 0 Å². The van der Waals surface area contributed by atoms with Crippen molar-refractivity contribution in [2.24, 2.45) is 5.92 Å². The molecule has 7 nitrogen and oxygen atoms in total. The SMILES string of the molecule is Cc1nc(N2CCCC2c2c(C)nn(CC(C)C)c2Cl)c2cn[nH]c2n1. The van der Waals surface area contributed by atoms with E-state index in [1.807, 2.05) is 18.5 Å². The molecule has 3 aromatic rings. The minimum atomic E-state index is 0.177. The van der Waals surface area contributed by atoms with E-state index in [0.29, 0.717) is 5.92 Å². The molecule has 4 rings (SSSR count). The number of H-pyrrole nitrogens is 1. The summed E-state index contributed by atoms with van der Waals surface area (Å²) in [5.41, 5.74) is 2.90. The molecule has 1 atom stereocenters. The van der Waals surface area contributed by atoms with Crippen LogP contribution < -0.4 is 4.90 Å². The highest BCUT2D eigenvalue weighted by atomic mass is 35.5. The van der Waals surface area contributed by atoms with Crippen molar-refractivity contribution in [3.8, 4) is 0 Å². The Bertz CT molecular complexity index is 943. The molecule has 0 spiro atoms. The minimum Gasteiger partial charge on any atom is -0.349 e. The molecule has 0 aromatic carbocycles. The smallest absolute Gasteiger partial charge is 0.161 e. The lowest BCUT2D eigenvalue weighted by atomic mass is 10.1. The Kier molecular flexibility index (Phi) is 4.34. The summed E-state index contributed by atoms with van der Waals surface area (Å²) in [6.07, 6.45) is 3.94. The molecule has 1 unspecified atom stereocenters. The van der Waals surface area contributed by atoms with Gasteiger partial charge in [0.15, 0.2) is 5.65 Å². The number of nitrogens with one attached hydrogen (secondary N) is 1. The van der Waals surface area contributed by atoms with Gasteiger partial charge < -0.3 is 4.90 Å². The second kappa shape index (κ2) is 6.54. The van der Waals surface area contributed by atoms with E-state index in [4.69, 9.17) is 21.7 Å². The average Bonchev–Trinajstić information content (AvgIpc) is 3.26. The number of aryl methyl sites for hydroxylation is 2. The first-order valence-corrected chi connectivity index (χ1v) is 9.50. The molecule has 1 aliphatic heterocycles. The first-order valence-electron chi connectivity index (χ1n) is 9.13. The molecule has 0 bridgehead atoms. The molecule has 1 saturated heterocycles. The summed E-state index contributed by atoms with van der Waals surface area (Å²) in [5, 5.41) is 13.5. The van der Waals surface area contributed by atoms with Crippen LogP contribution in [0.5, 0.6) is 0 Å². The number of fused-ring (bicyclic) bond motifs is 1. The van der Waals surface area contributed by atoms with Gasteiger partial charge in [-0.25, -0.2) is 9.97 Å². The second-order valence-electron chi connectivity index (χ2n) is 7.44. The van der Waals surface area contributed by atoms with Gasteiger partial charge in [0, 0.05) is 18.7 Å². The fourth-order valence-electron chi connectivity index (χ4n) is 3.88. The monoisotopic (exact) mass is 373 g/mol. The van der Waals surface area contributed by atoms with Crippen molar-refractivity contribution >= 4 is 28.5 Å². The highest BCUT2D eigenvalue weighted by Crippen LogP contribution is 2.41. The van der Waals surface area contributed by atoms with Crippen LogP contribution in [0.2, 0.25) is 5.15 Å². The maximum atomic E-state index is 6.76. The van der Waals surface area contributed by atoms with E-state index in [0.717, 1.165) is 65.0 Å². The first kappa shape index (κ1) is 17.3. The molecule has 4 heterocycles. The molecule has 0 saturated carbocycles. The predicted molar refractivity (Wildman–Crippen MR) is 103 cm³/mol. The molecular formula is C18H24ClN7. The molecular weight excluding hydrogens is 350 g/mol. The lowest BCUT2D eigenvalue weighted by molar-refractivity contribution is 0.481. The van der Waals surface area contributed by atoms with E-state index in [1.54, 1.807) is 6.20 Å². The maximum absolute atomic E-state index is 6.76. The summed E-state index contributed by atoms with van der Waals surface area (Å²) in [7, 11) is 0. The van der Waals surface area contributed by atoms with Crippen LogP contribution in [0.25, 0.3) is 11.0 Å². The average molecular weight is 374 g/mol. The van der Waals surface area contributed by atoms with Crippen LogP contribution in [0.4, 0.5) is 5.82 Å². The van der Waals surface area contributed by atoms with Gasteiger partial charge in [-0.3, -0.25) is 9.78 Å². The van der Waals surface area contributed by atoms with E-state index in [2.05, 4.69) is 33.9 Å². The van der Waals surface area contributed by atoms with Gasteiger partial charge in [-0.15, -0.1) is 0 Å². The normalized spacial score (nSPS) is 17.8. The van der Waals surface area contributed by atoms with Crippen LogP contribution in [-0.2, 0) is 6.54 Å². The Morgan fingerprint density at radius 1 is 1.31 bits per heavy atom. The van der Waals surface area contributed by atoms with Crippen molar-refractivity contribution in [2.75, 3.05) is 11.4 Å². The lowest BCUT2D eigenvalue weighted by Gasteiger charge is -2.26. The second-order valence-corrected chi connectivity index (χ2v) is 7.80. The first-order chi connectivity index (χ1) is 12.5. The molecule has 8 heteroatoms. The number of aromatic nitrogens is 6. The molecule has 0 amide bonds. The van der Waals surface area contributed by atoms with Crippen molar-refractivity contribution in [1.82, 2.24) is 29.9 Å². The molecule has 1 N–H and O–H groups in total. The third-order valence-corrected chi connectivity index (χ3v) is 5.31. The van der Waals surface area contributed by atoms with Gasteiger partial charge in [-0.1, -0.05) is 25.4 Å². The fourth-order valence-corrected chi connectivity index (χ4v) is 4.25. The highest BCUT2D eigenvalue weighted by molar-refractivity contribution is 6.30. The fraction of sp³-hybridized carbons (Fsp3) is 0.556. The number of rotatable bonds is 4. The number of aromatic amines is 1. The van der Waals surface area contributed by atoms with Crippen LogP contribution in [0, 0.1) is 19.8 Å². The van der Waals surface area contributed by atoms with Gasteiger partial charge in [-0.2, -0.15) is 10.2 Å². The van der Waals surface area contributed by atoms with Crippen LogP contribution in [-0.4, -0.2) is 36.5 Å². The molecule has 0 aliphatic carbocycles. The lowest BCUT2D eigenvalue weighted by Crippen LogP contribution is -2.24. The molecule has 3 aromatic heterocycles. The molecule has 0 radical (unpaired) electrons. The summed E-state index contributed by atoms with van der Waals surface area (Å²) >= 11 is 6.76. The third kappa shape index (κ3) is 2.84. The van der Waals surface area contributed by atoms with Crippen LogP contribution in [0.3, 0.4) is 0 Å². The van der Waals surface area contributed by atoms with Crippen molar-refractivity contribution in [3.05, 3.63) is 28.4 Å². The van der Waals surface area contributed by atoms with Gasteiger partial charge in [-0.05, 0) is 32.6 Å². The Morgan fingerprint density at radius 2 is 2.12 bits per heavy atom. The minimum absolute atomic E-state index is 0.177. The Balaban J connectivity index is 1.78. The van der Waals surface area contributed by atoms with Crippen LogP contribution in [0.15, 0.2) is 6.20 Å². The Hall–Kier alpha value is -2.15. The van der Waals surface area contributed by atoms with Crippen molar-refractivity contribution in [1.29, 1.82) is 0 Å². The third-order valence-electron chi connectivity index (χ3n) is 4.91. The zero-order valence-electron chi connectivity index (χ0n) is 15.6. The molecule has 1 aliphatic rings. The zero-order chi connectivity index (χ0) is 18.4. The van der Waals surface area contributed by atoms with E-state index >= 15 is 0 Å². The molecule has 1 fully saturated rings. The van der Waals surface area contributed by atoms with Gasteiger partial charge in [0.25, 0.3) is 0 Å². The number of halogens is 1. The van der Waals surface area contributed by atoms with E-state index in [1.165, 1.54) is 0 Å². The van der Waals surface area contributed by atoms with Crippen LogP contribution in [0.1, 0.15) is 49.8 Å². The topological polar surface area (TPSA) is 75.5 Å². The number of hydrogen-bond acceptors (Lipinski definition) is 5. The molecule has 138 valence electrons. The van der Waals surface area contributed by atoms with Gasteiger partial charge >= 0.3 is 0 Å². The Morgan fingerprint density at radius 3 is 2.88 bits per heavy atom. The zero-order valence-corrected chi connectivity index (χ0v) is 16.4. The molecule has 26 heavy (non-hydrogen) atoms. The Labute approximate surface area is 157 Å². The number of nitrogens with zero attached hydrogens (tertiary/aromatic N) is 6. The largest absolute Gasteiger partial charge is 0.349 e. The van der Waals surface area contributed by atoms with Gasteiger partial charge in [0.1, 0.15) is 16.8 Å². The summed E-state index contributed by atoms with van der Waals surface area (Å²) in [4.78, 5) is 11.5. The van der Waals surface area contributed by atoms with E-state index in [9.17, 15) is 0 Å². The van der Waals surface area contributed by atoms with E-state index in [-0.39, 0.29) is 6.04 Å². The summed E-state index contributed by atoms with van der Waals surface area (Å²) in [6, 6.07) is 0.177. The number of anilines is 1. The summed E-state index contributed by atoms with van der Waals surface area (Å²) in [5.74, 6) is 2.16. The summed E-state index contributed by atoms with van der Waals surface area (Å²) in [6.45, 7) is 10.1. The summed E-state index contributed by atoms with van der Waals surface area (Å²) < 4.78 is 1.94. The van der Waals surface area contributed by atoms with E-state index < -0.39 is 0 Å². The van der Waals surface area contributed by atoms with Gasteiger partial charge in [0.05, 0.1) is 23.3 Å². The van der Waals surface area contributed by atoms with Gasteiger partial charge in [0.2, 0.25) is 0 Å². The van der Waals surface area contributed by atoms with Crippen LogP contribution >= 0.6 is 11.6 Å². The highest BCUT2D eigenvalue weighted by Gasteiger charge is 2.33. The standard InChI is InChI=1S/C18H24ClN7/c1-10(2)9-26-16(19)15(11(3)24-26)14-6-5-7-25(14)18-13-8-20-23-17(13)21-12(4)22-18/h8,10,14H,5-7,9H2,1-4H3,(H,20,21,22,23). The van der Waals surface area contributed by atoms with Crippen molar-refractivity contribution in [2.45, 2.75) is 53.1 Å². The number of hydrogen-bond donors (Lipinski definition) is 1. The quantitative estimate of drug-likeness (QED) is 0.752. The maximum Gasteiger partial charge on any atom is 0.161 e. The van der Waals surface area contributed by atoms with Crippen molar-refractivity contribution in [3.63, 3.8) is 0 Å².